The second-order valence-corrected chi connectivity index (χ2v) is 4.64. The van der Waals surface area contributed by atoms with Gasteiger partial charge in [-0.1, -0.05) is 13.8 Å². The molecule has 1 aromatic rings. The van der Waals surface area contributed by atoms with E-state index in [1.54, 1.807) is 0 Å². The fourth-order valence-electron chi connectivity index (χ4n) is 2.67. The number of rotatable bonds is 3. The molecule has 2 heteroatoms. The van der Waals surface area contributed by atoms with Gasteiger partial charge in [0.15, 0.2) is 0 Å². The summed E-state index contributed by atoms with van der Waals surface area (Å²) < 4.78 is 5.84. The van der Waals surface area contributed by atoms with E-state index < -0.39 is 0 Å². The van der Waals surface area contributed by atoms with Gasteiger partial charge < -0.3 is 10.2 Å². The summed E-state index contributed by atoms with van der Waals surface area (Å²) in [5.74, 6) is 3.74. The van der Waals surface area contributed by atoms with E-state index in [0.717, 1.165) is 37.5 Å². The molecule has 15 heavy (non-hydrogen) atoms. The van der Waals surface area contributed by atoms with E-state index >= 15 is 0 Å². The standard InChI is InChI=1S/C13H21NO/c1-3-10-8-12-11(6-7-14)9(2)4-5-13(12)15-10/h8-9,11H,3-7,14H2,1-2H3. The van der Waals surface area contributed by atoms with Gasteiger partial charge in [0.25, 0.3) is 0 Å². The molecule has 84 valence electrons. The summed E-state index contributed by atoms with van der Waals surface area (Å²) in [6, 6.07) is 2.26. The predicted molar refractivity (Wildman–Crippen MR) is 62.0 cm³/mol. The monoisotopic (exact) mass is 207 g/mol. The Morgan fingerprint density at radius 3 is 3.00 bits per heavy atom. The van der Waals surface area contributed by atoms with Crippen molar-refractivity contribution in [1.29, 1.82) is 0 Å². The van der Waals surface area contributed by atoms with Crippen LogP contribution < -0.4 is 5.73 Å². The first kappa shape index (κ1) is 10.7. The van der Waals surface area contributed by atoms with E-state index in [9.17, 15) is 0 Å². The smallest absolute Gasteiger partial charge is 0.107 e. The molecule has 0 spiro atoms. The molecule has 2 N–H and O–H groups in total. The van der Waals surface area contributed by atoms with Crippen molar-refractivity contribution in [2.24, 2.45) is 11.7 Å². The largest absolute Gasteiger partial charge is 0.466 e. The minimum Gasteiger partial charge on any atom is -0.466 e. The van der Waals surface area contributed by atoms with E-state index in [1.165, 1.54) is 17.7 Å². The van der Waals surface area contributed by atoms with Crippen molar-refractivity contribution in [2.75, 3.05) is 6.54 Å². The van der Waals surface area contributed by atoms with Crippen LogP contribution in [-0.2, 0) is 12.8 Å². The van der Waals surface area contributed by atoms with Gasteiger partial charge in [-0.25, -0.2) is 0 Å². The molecule has 1 aliphatic carbocycles. The highest BCUT2D eigenvalue weighted by atomic mass is 16.3. The minimum atomic E-state index is 0.628. The Morgan fingerprint density at radius 1 is 1.53 bits per heavy atom. The van der Waals surface area contributed by atoms with Crippen molar-refractivity contribution in [3.8, 4) is 0 Å². The maximum atomic E-state index is 5.84. The first-order chi connectivity index (χ1) is 7.26. The summed E-state index contributed by atoms with van der Waals surface area (Å²) in [5.41, 5.74) is 7.13. The van der Waals surface area contributed by atoms with Gasteiger partial charge in [0.05, 0.1) is 0 Å². The number of aryl methyl sites for hydroxylation is 2. The maximum Gasteiger partial charge on any atom is 0.107 e. The Balaban J connectivity index is 2.29. The van der Waals surface area contributed by atoms with Crippen LogP contribution in [-0.4, -0.2) is 6.54 Å². The number of hydrogen-bond acceptors (Lipinski definition) is 2. The lowest BCUT2D eigenvalue weighted by atomic mass is 9.77. The normalized spacial score (nSPS) is 25.3. The Labute approximate surface area is 91.8 Å². The van der Waals surface area contributed by atoms with Crippen LogP contribution in [0.3, 0.4) is 0 Å². The summed E-state index contributed by atoms with van der Waals surface area (Å²) in [6.45, 7) is 5.26. The highest BCUT2D eigenvalue weighted by molar-refractivity contribution is 5.29. The summed E-state index contributed by atoms with van der Waals surface area (Å²) in [7, 11) is 0. The van der Waals surface area contributed by atoms with Gasteiger partial charge in [0.2, 0.25) is 0 Å². The van der Waals surface area contributed by atoms with Crippen LogP contribution >= 0.6 is 0 Å². The van der Waals surface area contributed by atoms with Gasteiger partial charge in [-0.05, 0) is 42.9 Å². The van der Waals surface area contributed by atoms with Crippen molar-refractivity contribution >= 4 is 0 Å². The van der Waals surface area contributed by atoms with Crippen molar-refractivity contribution in [3.05, 3.63) is 23.2 Å². The molecule has 0 amide bonds. The summed E-state index contributed by atoms with van der Waals surface area (Å²) in [4.78, 5) is 0. The number of furan rings is 1. The van der Waals surface area contributed by atoms with Crippen LogP contribution in [0.2, 0.25) is 0 Å². The molecule has 0 bridgehead atoms. The summed E-state index contributed by atoms with van der Waals surface area (Å²) >= 11 is 0. The van der Waals surface area contributed by atoms with Crippen molar-refractivity contribution in [1.82, 2.24) is 0 Å². The average Bonchev–Trinajstić information content (AvgIpc) is 2.66. The third kappa shape index (κ3) is 1.96. The first-order valence-corrected chi connectivity index (χ1v) is 6.07. The van der Waals surface area contributed by atoms with Gasteiger partial charge in [0.1, 0.15) is 11.5 Å². The molecule has 0 saturated heterocycles. The van der Waals surface area contributed by atoms with Gasteiger partial charge in [-0.2, -0.15) is 0 Å². The number of fused-ring (bicyclic) bond motifs is 1. The fraction of sp³-hybridized carbons (Fsp3) is 0.692. The Hall–Kier alpha value is -0.760. The Morgan fingerprint density at radius 2 is 2.33 bits per heavy atom. The Kier molecular flexibility index (Phi) is 3.15. The second kappa shape index (κ2) is 4.40. The van der Waals surface area contributed by atoms with Crippen molar-refractivity contribution in [3.63, 3.8) is 0 Å². The molecule has 0 aliphatic heterocycles. The van der Waals surface area contributed by atoms with Crippen LogP contribution in [0.5, 0.6) is 0 Å². The highest BCUT2D eigenvalue weighted by Crippen LogP contribution is 2.39. The van der Waals surface area contributed by atoms with Gasteiger partial charge >= 0.3 is 0 Å². The molecule has 1 heterocycles. The van der Waals surface area contributed by atoms with Crippen LogP contribution in [0.15, 0.2) is 10.5 Å². The quantitative estimate of drug-likeness (QED) is 0.827. The molecule has 2 unspecified atom stereocenters. The van der Waals surface area contributed by atoms with Crippen LogP contribution in [0.1, 0.15) is 49.7 Å². The molecule has 0 fully saturated rings. The molecule has 0 saturated carbocycles. The molecule has 2 rings (SSSR count). The molecular weight excluding hydrogens is 186 g/mol. The molecule has 2 nitrogen and oxygen atoms in total. The Bertz CT molecular complexity index is 329. The third-order valence-electron chi connectivity index (χ3n) is 3.63. The average molecular weight is 207 g/mol. The fourth-order valence-corrected chi connectivity index (χ4v) is 2.67. The lowest BCUT2D eigenvalue weighted by Gasteiger charge is -2.27. The topological polar surface area (TPSA) is 39.2 Å². The lowest BCUT2D eigenvalue weighted by Crippen LogP contribution is -2.19. The zero-order valence-corrected chi connectivity index (χ0v) is 9.75. The number of nitrogens with two attached hydrogens (primary N) is 1. The van der Waals surface area contributed by atoms with E-state index in [1.807, 2.05) is 0 Å². The molecule has 0 radical (unpaired) electrons. The number of hydrogen-bond donors (Lipinski definition) is 1. The summed E-state index contributed by atoms with van der Waals surface area (Å²) in [5, 5.41) is 0. The minimum absolute atomic E-state index is 0.628. The van der Waals surface area contributed by atoms with E-state index in [2.05, 4.69) is 19.9 Å². The van der Waals surface area contributed by atoms with Crippen LogP contribution in [0.4, 0.5) is 0 Å². The van der Waals surface area contributed by atoms with E-state index in [4.69, 9.17) is 10.2 Å². The second-order valence-electron chi connectivity index (χ2n) is 4.64. The van der Waals surface area contributed by atoms with Gasteiger partial charge in [-0.15, -0.1) is 0 Å². The SMILES string of the molecule is CCc1cc2c(o1)CCC(C)C2CCN. The lowest BCUT2D eigenvalue weighted by molar-refractivity contribution is 0.350. The van der Waals surface area contributed by atoms with Crippen LogP contribution in [0, 0.1) is 5.92 Å². The van der Waals surface area contributed by atoms with E-state index in [-0.39, 0.29) is 0 Å². The van der Waals surface area contributed by atoms with Crippen molar-refractivity contribution < 1.29 is 4.42 Å². The molecule has 2 atom stereocenters. The molecule has 1 aromatic heterocycles. The predicted octanol–water partition coefficient (Wildman–Crippen LogP) is 2.86. The first-order valence-electron chi connectivity index (χ1n) is 6.07. The molecular formula is C13H21NO. The molecule has 0 aromatic carbocycles. The zero-order valence-electron chi connectivity index (χ0n) is 9.75. The third-order valence-corrected chi connectivity index (χ3v) is 3.63. The van der Waals surface area contributed by atoms with Gasteiger partial charge in [0, 0.05) is 12.8 Å². The summed E-state index contributed by atoms with van der Waals surface area (Å²) in [6.07, 6.45) is 4.44. The maximum absolute atomic E-state index is 5.84. The van der Waals surface area contributed by atoms with E-state index in [0.29, 0.717) is 5.92 Å². The van der Waals surface area contributed by atoms with Crippen molar-refractivity contribution in [2.45, 2.75) is 45.4 Å². The highest BCUT2D eigenvalue weighted by Gasteiger charge is 2.28. The molecule has 1 aliphatic rings. The zero-order chi connectivity index (χ0) is 10.8. The van der Waals surface area contributed by atoms with Crippen LogP contribution in [0.25, 0.3) is 0 Å². The van der Waals surface area contributed by atoms with Gasteiger partial charge in [-0.3, -0.25) is 0 Å².